The molecule has 0 saturated heterocycles. The van der Waals surface area contributed by atoms with Crippen LogP contribution in [-0.2, 0) is 9.84 Å². The summed E-state index contributed by atoms with van der Waals surface area (Å²) in [6.45, 7) is 3.31. The van der Waals surface area contributed by atoms with E-state index in [-0.39, 0.29) is 15.5 Å². The lowest BCUT2D eigenvalue weighted by Gasteiger charge is -2.16. The Hall–Kier alpha value is -3.32. The van der Waals surface area contributed by atoms with Gasteiger partial charge in [0.05, 0.1) is 12.0 Å². The van der Waals surface area contributed by atoms with Crippen LogP contribution in [0.1, 0.15) is 21.5 Å². The maximum Gasteiger partial charge on any atom is 0.255 e. The summed E-state index contributed by atoms with van der Waals surface area (Å²) in [4.78, 5) is 12.4. The Balaban J connectivity index is 2.03. The summed E-state index contributed by atoms with van der Waals surface area (Å²) in [5.74, 6) is -0.104. The molecule has 0 radical (unpaired) electrons. The number of aromatic hydroxyl groups is 1. The van der Waals surface area contributed by atoms with Crippen LogP contribution >= 0.6 is 0 Å². The average Bonchev–Trinajstić information content (AvgIpc) is 2.74. The number of carbonyl (C=O) groups is 1. The maximum atomic E-state index is 13.0. The summed E-state index contributed by atoms with van der Waals surface area (Å²) >= 11 is 0. The Bertz CT molecular complexity index is 1150. The maximum absolute atomic E-state index is 13.0. The molecule has 0 fully saturated rings. The first-order valence-corrected chi connectivity index (χ1v) is 10.3. The normalized spacial score (nSPS) is 11.1. The molecule has 0 heterocycles. The standard InChI is InChI=1S/C22H21NO5S/c1-14-15(2)21(24)20(29(26,27)18-7-5-4-6-8-18)13-19(14)23-22(25)16-9-11-17(28-3)12-10-16/h4-13,24H,1-3H3,(H,23,25). The van der Waals surface area contributed by atoms with Gasteiger partial charge in [-0.15, -0.1) is 0 Å². The van der Waals surface area contributed by atoms with Crippen molar-refractivity contribution < 1.29 is 23.1 Å². The fourth-order valence-corrected chi connectivity index (χ4v) is 4.32. The molecule has 0 aliphatic carbocycles. The van der Waals surface area contributed by atoms with Crippen molar-refractivity contribution in [1.29, 1.82) is 0 Å². The fraction of sp³-hybridized carbons (Fsp3) is 0.136. The molecule has 7 heteroatoms. The van der Waals surface area contributed by atoms with E-state index < -0.39 is 15.7 Å². The van der Waals surface area contributed by atoms with E-state index in [9.17, 15) is 18.3 Å². The lowest BCUT2D eigenvalue weighted by Crippen LogP contribution is -2.14. The molecule has 3 aromatic rings. The van der Waals surface area contributed by atoms with Crippen molar-refractivity contribution in [3.8, 4) is 11.5 Å². The Labute approximate surface area is 169 Å². The number of rotatable bonds is 5. The Morgan fingerprint density at radius 3 is 2.17 bits per heavy atom. The minimum Gasteiger partial charge on any atom is -0.506 e. The first-order chi connectivity index (χ1) is 13.8. The zero-order valence-corrected chi connectivity index (χ0v) is 17.1. The van der Waals surface area contributed by atoms with Gasteiger partial charge in [-0.2, -0.15) is 0 Å². The van der Waals surface area contributed by atoms with Crippen LogP contribution in [0.5, 0.6) is 11.5 Å². The van der Waals surface area contributed by atoms with Gasteiger partial charge in [0.1, 0.15) is 16.4 Å². The molecule has 0 aromatic heterocycles. The largest absolute Gasteiger partial charge is 0.506 e. The number of phenols is 1. The highest BCUT2D eigenvalue weighted by Crippen LogP contribution is 2.37. The number of sulfone groups is 1. The Morgan fingerprint density at radius 2 is 1.59 bits per heavy atom. The van der Waals surface area contributed by atoms with Gasteiger partial charge in [0.25, 0.3) is 5.91 Å². The summed E-state index contributed by atoms with van der Waals surface area (Å²) in [6.07, 6.45) is 0. The molecule has 0 bridgehead atoms. The number of hydrogen-bond donors (Lipinski definition) is 2. The van der Waals surface area contributed by atoms with Gasteiger partial charge in [-0.05, 0) is 67.4 Å². The minimum absolute atomic E-state index is 0.0611. The number of anilines is 1. The molecule has 1 amide bonds. The van der Waals surface area contributed by atoms with Crippen molar-refractivity contribution >= 4 is 21.4 Å². The van der Waals surface area contributed by atoms with Crippen LogP contribution in [0.15, 0.2) is 70.5 Å². The molecular weight excluding hydrogens is 390 g/mol. The third-order valence-electron chi connectivity index (χ3n) is 4.77. The zero-order valence-electron chi connectivity index (χ0n) is 16.3. The summed E-state index contributed by atoms with van der Waals surface area (Å²) in [6, 6.07) is 15.7. The molecule has 0 saturated carbocycles. The van der Waals surface area contributed by atoms with Gasteiger partial charge in [0.2, 0.25) is 9.84 Å². The smallest absolute Gasteiger partial charge is 0.255 e. The van der Waals surface area contributed by atoms with Crippen LogP contribution in [0, 0.1) is 13.8 Å². The molecule has 0 spiro atoms. The monoisotopic (exact) mass is 411 g/mol. The van der Waals surface area contributed by atoms with Crippen molar-refractivity contribution in [2.24, 2.45) is 0 Å². The highest BCUT2D eigenvalue weighted by atomic mass is 32.2. The van der Waals surface area contributed by atoms with Gasteiger partial charge in [0, 0.05) is 11.3 Å². The fourth-order valence-electron chi connectivity index (χ4n) is 2.87. The molecule has 29 heavy (non-hydrogen) atoms. The first kappa shape index (κ1) is 20.4. The van der Waals surface area contributed by atoms with E-state index in [0.29, 0.717) is 28.1 Å². The summed E-state index contributed by atoms with van der Waals surface area (Å²) in [5.41, 5.74) is 1.67. The molecule has 0 aliphatic heterocycles. The Morgan fingerprint density at radius 1 is 0.966 bits per heavy atom. The third-order valence-corrected chi connectivity index (χ3v) is 6.56. The summed E-state index contributed by atoms with van der Waals surface area (Å²) in [7, 11) is -2.42. The molecule has 150 valence electrons. The summed E-state index contributed by atoms with van der Waals surface area (Å²) in [5, 5.41) is 13.2. The first-order valence-electron chi connectivity index (χ1n) is 8.84. The highest BCUT2D eigenvalue weighted by Gasteiger charge is 2.25. The third kappa shape index (κ3) is 3.95. The van der Waals surface area contributed by atoms with E-state index in [1.165, 1.54) is 25.3 Å². The second-order valence-electron chi connectivity index (χ2n) is 6.52. The van der Waals surface area contributed by atoms with Crippen LogP contribution in [0.4, 0.5) is 5.69 Å². The van der Waals surface area contributed by atoms with Gasteiger partial charge < -0.3 is 15.2 Å². The lowest BCUT2D eigenvalue weighted by atomic mass is 10.1. The quantitative estimate of drug-likeness (QED) is 0.617. The van der Waals surface area contributed by atoms with E-state index in [1.54, 1.807) is 56.3 Å². The van der Waals surface area contributed by atoms with Gasteiger partial charge in [-0.25, -0.2) is 8.42 Å². The average molecular weight is 411 g/mol. The summed E-state index contributed by atoms with van der Waals surface area (Å²) < 4.78 is 31.1. The minimum atomic E-state index is -3.96. The number of methoxy groups -OCH3 is 1. The SMILES string of the molecule is COc1ccc(C(=O)Nc2cc(S(=O)(=O)c3ccccc3)c(O)c(C)c2C)cc1. The van der Waals surface area contributed by atoms with Gasteiger partial charge >= 0.3 is 0 Å². The van der Waals surface area contributed by atoms with Crippen LogP contribution < -0.4 is 10.1 Å². The molecule has 0 atom stereocenters. The van der Waals surface area contributed by atoms with Crippen molar-refractivity contribution in [3.05, 3.63) is 77.4 Å². The predicted octanol–water partition coefficient (Wildman–Crippen LogP) is 4.10. The second kappa shape index (κ2) is 7.97. The number of phenolic OH excluding ortho intramolecular Hbond substituents is 1. The number of hydrogen-bond acceptors (Lipinski definition) is 5. The van der Waals surface area contributed by atoms with Crippen molar-refractivity contribution in [2.45, 2.75) is 23.6 Å². The molecule has 0 unspecified atom stereocenters. The van der Waals surface area contributed by atoms with Gasteiger partial charge in [-0.3, -0.25) is 4.79 Å². The topological polar surface area (TPSA) is 92.7 Å². The predicted molar refractivity (Wildman–Crippen MR) is 110 cm³/mol. The molecule has 2 N–H and O–H groups in total. The van der Waals surface area contributed by atoms with Crippen molar-refractivity contribution in [3.63, 3.8) is 0 Å². The molecular formula is C22H21NO5S. The van der Waals surface area contributed by atoms with Gasteiger partial charge in [-0.1, -0.05) is 18.2 Å². The van der Waals surface area contributed by atoms with E-state index in [0.717, 1.165) is 0 Å². The van der Waals surface area contributed by atoms with Crippen LogP contribution in [-0.4, -0.2) is 26.5 Å². The van der Waals surface area contributed by atoms with E-state index in [1.807, 2.05) is 0 Å². The zero-order chi connectivity index (χ0) is 21.2. The number of nitrogens with one attached hydrogen (secondary N) is 1. The van der Waals surface area contributed by atoms with Crippen LogP contribution in [0.3, 0.4) is 0 Å². The van der Waals surface area contributed by atoms with Gasteiger partial charge in [0.15, 0.2) is 0 Å². The molecule has 3 rings (SSSR count). The molecule has 6 nitrogen and oxygen atoms in total. The number of amides is 1. The van der Waals surface area contributed by atoms with Crippen LogP contribution in [0.2, 0.25) is 0 Å². The number of ether oxygens (including phenoxy) is 1. The number of carbonyl (C=O) groups excluding carboxylic acids is 1. The van der Waals surface area contributed by atoms with Crippen LogP contribution in [0.25, 0.3) is 0 Å². The molecule has 0 aliphatic rings. The van der Waals surface area contributed by atoms with Crippen molar-refractivity contribution in [1.82, 2.24) is 0 Å². The molecule has 3 aromatic carbocycles. The second-order valence-corrected chi connectivity index (χ2v) is 8.44. The van der Waals surface area contributed by atoms with E-state index in [4.69, 9.17) is 4.74 Å². The van der Waals surface area contributed by atoms with E-state index in [2.05, 4.69) is 5.32 Å². The van der Waals surface area contributed by atoms with E-state index >= 15 is 0 Å². The lowest BCUT2D eigenvalue weighted by molar-refractivity contribution is 0.102. The Kier molecular flexibility index (Phi) is 5.61. The van der Waals surface area contributed by atoms with Crippen molar-refractivity contribution in [2.75, 3.05) is 12.4 Å². The highest BCUT2D eigenvalue weighted by molar-refractivity contribution is 7.91. The number of benzene rings is 3.